The first kappa shape index (κ1) is 15.0. The van der Waals surface area contributed by atoms with Crippen LogP contribution in [0.15, 0.2) is 50.2 Å². The summed E-state index contributed by atoms with van der Waals surface area (Å²) in [5.41, 5.74) is 0.709. The number of H-pyrrole nitrogens is 1. The molecule has 8 heteroatoms. The topological polar surface area (TPSA) is 72.0 Å². The third kappa shape index (κ3) is 2.70. The Morgan fingerprint density at radius 2 is 1.55 bits per heavy atom. The number of hydrogen-bond acceptors (Lipinski definition) is 4. The molecule has 0 atom stereocenters. The van der Waals surface area contributed by atoms with Crippen LogP contribution in [0.25, 0.3) is 21.9 Å². The zero-order valence-corrected chi connectivity index (χ0v) is 13.0. The standard InChI is InChI=1S/C7H3Cl2NO.C7H4ClNO2/c8-5-3-1-2-4-6(5)11-10-7(4)9;8-5-3-1-2-4-6(5)11-9-7(4)10/h1-3H;1-3H,(H,9,10). The molecule has 4 aromatic rings. The molecule has 0 aliphatic rings. The molecule has 0 aliphatic carbocycles. The molecule has 0 bridgehead atoms. The quantitative estimate of drug-likeness (QED) is 0.485. The monoisotopic (exact) mass is 356 g/mol. The predicted molar refractivity (Wildman–Crippen MR) is 85.9 cm³/mol. The Morgan fingerprint density at radius 1 is 0.909 bits per heavy atom. The molecule has 0 amide bonds. The summed E-state index contributed by atoms with van der Waals surface area (Å²) in [6.45, 7) is 0. The number of hydrogen-bond donors (Lipinski definition) is 1. The SMILES string of the molecule is Clc1noc2c(Cl)cccc12.O=c1[nH]oc2c(Cl)cccc12. The maximum absolute atomic E-state index is 10.9. The van der Waals surface area contributed by atoms with Gasteiger partial charge in [0.05, 0.1) is 20.8 Å². The lowest BCUT2D eigenvalue weighted by Crippen LogP contribution is -1.95. The Labute approximate surface area is 138 Å². The Morgan fingerprint density at radius 3 is 2.18 bits per heavy atom. The smallest absolute Gasteiger partial charge is 0.287 e. The maximum Gasteiger partial charge on any atom is 0.287 e. The summed E-state index contributed by atoms with van der Waals surface area (Å²) in [6.07, 6.45) is 0. The van der Waals surface area contributed by atoms with Gasteiger partial charge in [-0.25, -0.2) is 0 Å². The van der Waals surface area contributed by atoms with Gasteiger partial charge in [0.25, 0.3) is 5.56 Å². The van der Waals surface area contributed by atoms with Crippen molar-refractivity contribution in [1.82, 2.24) is 10.3 Å². The molecule has 0 aliphatic heterocycles. The van der Waals surface area contributed by atoms with Crippen LogP contribution in [0.2, 0.25) is 15.2 Å². The van der Waals surface area contributed by atoms with Gasteiger partial charge in [0.15, 0.2) is 16.3 Å². The molecule has 0 spiro atoms. The van der Waals surface area contributed by atoms with Crippen LogP contribution in [-0.4, -0.2) is 10.3 Å². The molecule has 2 aromatic heterocycles. The predicted octanol–water partition coefficient (Wildman–Crippen LogP) is 4.91. The van der Waals surface area contributed by atoms with Crippen molar-refractivity contribution in [2.45, 2.75) is 0 Å². The fourth-order valence-corrected chi connectivity index (χ4v) is 2.45. The minimum absolute atomic E-state index is 0.248. The summed E-state index contributed by atoms with van der Waals surface area (Å²) in [4.78, 5) is 10.9. The van der Waals surface area contributed by atoms with Crippen molar-refractivity contribution >= 4 is 56.7 Å². The average Bonchev–Trinajstić information content (AvgIpc) is 3.07. The Kier molecular flexibility index (Phi) is 4.11. The van der Waals surface area contributed by atoms with Crippen molar-refractivity contribution in [3.63, 3.8) is 0 Å². The zero-order chi connectivity index (χ0) is 15.7. The average molecular weight is 358 g/mol. The fraction of sp³-hybridized carbons (Fsp3) is 0. The van der Waals surface area contributed by atoms with E-state index in [9.17, 15) is 4.79 Å². The van der Waals surface area contributed by atoms with Gasteiger partial charge in [-0.1, -0.05) is 52.1 Å². The molecule has 0 saturated carbocycles. The Hall–Kier alpha value is -1.95. The van der Waals surface area contributed by atoms with Gasteiger partial charge in [0, 0.05) is 0 Å². The molecular weight excluding hydrogens is 351 g/mol. The van der Waals surface area contributed by atoms with Crippen molar-refractivity contribution in [2.75, 3.05) is 0 Å². The normalized spacial score (nSPS) is 10.7. The minimum Gasteiger partial charge on any atom is -0.377 e. The highest BCUT2D eigenvalue weighted by Gasteiger charge is 2.07. The van der Waals surface area contributed by atoms with Gasteiger partial charge < -0.3 is 9.05 Å². The second-order valence-electron chi connectivity index (χ2n) is 4.24. The van der Waals surface area contributed by atoms with E-state index in [1.165, 1.54) is 0 Å². The molecule has 1 N–H and O–H groups in total. The summed E-state index contributed by atoms with van der Waals surface area (Å²) in [6, 6.07) is 10.4. The van der Waals surface area contributed by atoms with Crippen molar-refractivity contribution in [2.24, 2.45) is 0 Å². The number of aromatic amines is 1. The Bertz CT molecular complexity index is 1000. The molecule has 0 saturated heterocycles. The number of fused-ring (bicyclic) bond motifs is 2. The molecule has 5 nitrogen and oxygen atoms in total. The summed E-state index contributed by atoms with van der Waals surface area (Å²) >= 11 is 17.2. The third-order valence-electron chi connectivity index (χ3n) is 2.86. The third-order valence-corrected chi connectivity index (χ3v) is 3.73. The fourth-order valence-electron chi connectivity index (χ4n) is 1.84. The van der Waals surface area contributed by atoms with E-state index in [1.54, 1.807) is 36.4 Å². The lowest BCUT2D eigenvalue weighted by molar-refractivity contribution is 0.449. The lowest BCUT2D eigenvalue weighted by Gasteiger charge is -1.87. The van der Waals surface area contributed by atoms with E-state index in [0.29, 0.717) is 31.8 Å². The van der Waals surface area contributed by atoms with Gasteiger partial charge in [-0.15, -0.1) is 0 Å². The summed E-state index contributed by atoms with van der Waals surface area (Å²) in [7, 11) is 0. The van der Waals surface area contributed by atoms with E-state index < -0.39 is 0 Å². The maximum atomic E-state index is 10.9. The molecule has 0 fully saturated rings. The van der Waals surface area contributed by atoms with E-state index >= 15 is 0 Å². The lowest BCUT2D eigenvalue weighted by atomic mass is 10.3. The van der Waals surface area contributed by atoms with Gasteiger partial charge in [-0.3, -0.25) is 4.79 Å². The number of nitrogens with one attached hydrogen (secondary N) is 1. The van der Waals surface area contributed by atoms with Gasteiger partial charge in [-0.05, 0) is 24.3 Å². The minimum atomic E-state index is -0.248. The van der Waals surface area contributed by atoms with Crippen molar-refractivity contribution in [3.05, 3.63) is 62.0 Å². The van der Waals surface area contributed by atoms with E-state index in [1.807, 2.05) is 0 Å². The van der Waals surface area contributed by atoms with Gasteiger partial charge in [0.1, 0.15) is 0 Å². The highest BCUT2D eigenvalue weighted by atomic mass is 35.5. The van der Waals surface area contributed by atoms with Crippen molar-refractivity contribution in [3.8, 4) is 0 Å². The van der Waals surface area contributed by atoms with Crippen molar-refractivity contribution in [1.29, 1.82) is 0 Å². The van der Waals surface area contributed by atoms with E-state index in [4.69, 9.17) is 43.8 Å². The van der Waals surface area contributed by atoms with Crippen LogP contribution >= 0.6 is 34.8 Å². The van der Waals surface area contributed by atoms with Gasteiger partial charge in [0.2, 0.25) is 0 Å². The first-order valence-electron chi connectivity index (χ1n) is 6.03. The van der Waals surface area contributed by atoms with Gasteiger partial charge >= 0.3 is 0 Å². The van der Waals surface area contributed by atoms with Crippen LogP contribution in [0.1, 0.15) is 0 Å². The van der Waals surface area contributed by atoms with Crippen LogP contribution < -0.4 is 5.56 Å². The number of nitrogens with zero attached hydrogens (tertiary/aromatic N) is 1. The molecule has 22 heavy (non-hydrogen) atoms. The molecule has 0 unspecified atom stereocenters. The van der Waals surface area contributed by atoms with Crippen LogP contribution in [0, 0.1) is 0 Å². The van der Waals surface area contributed by atoms with E-state index in [2.05, 4.69) is 10.3 Å². The highest BCUT2D eigenvalue weighted by Crippen LogP contribution is 2.27. The second-order valence-corrected chi connectivity index (χ2v) is 5.41. The molecule has 112 valence electrons. The molecule has 2 heterocycles. The first-order valence-corrected chi connectivity index (χ1v) is 7.16. The highest BCUT2D eigenvalue weighted by molar-refractivity contribution is 6.38. The van der Waals surface area contributed by atoms with E-state index in [0.717, 1.165) is 5.39 Å². The van der Waals surface area contributed by atoms with Crippen LogP contribution in [0.3, 0.4) is 0 Å². The largest absolute Gasteiger partial charge is 0.377 e. The van der Waals surface area contributed by atoms with Crippen LogP contribution in [0.5, 0.6) is 0 Å². The molecule has 4 rings (SSSR count). The molecule has 0 radical (unpaired) electrons. The zero-order valence-electron chi connectivity index (χ0n) is 10.8. The Balaban J connectivity index is 0.000000131. The van der Waals surface area contributed by atoms with Crippen LogP contribution in [0.4, 0.5) is 0 Å². The van der Waals surface area contributed by atoms with Crippen LogP contribution in [-0.2, 0) is 0 Å². The van der Waals surface area contributed by atoms with Gasteiger partial charge in [-0.2, -0.15) is 5.16 Å². The van der Waals surface area contributed by atoms with E-state index in [-0.39, 0.29) is 5.56 Å². The first-order chi connectivity index (χ1) is 10.6. The second kappa shape index (κ2) is 6.04. The number of benzene rings is 2. The molecule has 2 aromatic carbocycles. The number of halogens is 3. The number of para-hydroxylation sites is 2. The summed E-state index contributed by atoms with van der Waals surface area (Å²) in [5, 5.41) is 8.32. The molecular formula is C14H7Cl3N2O3. The summed E-state index contributed by atoms with van der Waals surface area (Å²) < 4.78 is 9.68. The van der Waals surface area contributed by atoms with Crippen molar-refractivity contribution < 1.29 is 9.05 Å². The summed E-state index contributed by atoms with van der Waals surface area (Å²) in [5.74, 6) is 0. The number of aromatic nitrogens is 2. The number of rotatable bonds is 0.